The van der Waals surface area contributed by atoms with Crippen LogP contribution in [0.4, 0.5) is 0 Å². The maximum absolute atomic E-state index is 3.48. The van der Waals surface area contributed by atoms with Gasteiger partial charge >= 0.3 is 0 Å². The second kappa shape index (κ2) is 7.60. The number of hydrogen-bond acceptors (Lipinski definition) is 1. The minimum atomic E-state index is 0. The van der Waals surface area contributed by atoms with E-state index in [0.717, 1.165) is 0 Å². The standard InChI is InChI=1S/C10H23N.CH4.H2/c1-5-6-7-8-9-11-10(2,3)4;;/h11H,5-9H2,1-4H3;1H4;1H. The van der Waals surface area contributed by atoms with Gasteiger partial charge < -0.3 is 5.32 Å². The van der Waals surface area contributed by atoms with Crippen LogP contribution in [-0.4, -0.2) is 12.1 Å². The maximum atomic E-state index is 3.48. The van der Waals surface area contributed by atoms with Gasteiger partial charge in [0.05, 0.1) is 0 Å². The highest BCUT2D eigenvalue weighted by Crippen LogP contribution is 2.01. The van der Waals surface area contributed by atoms with E-state index in [1.807, 2.05) is 0 Å². The quantitative estimate of drug-likeness (QED) is 0.626. The summed E-state index contributed by atoms with van der Waals surface area (Å²) in [6.45, 7) is 10.1. The predicted molar refractivity (Wildman–Crippen MR) is 60.7 cm³/mol. The average molecular weight is 175 g/mol. The smallest absolute Gasteiger partial charge is 0.00965 e. The van der Waals surface area contributed by atoms with E-state index in [9.17, 15) is 0 Å². The van der Waals surface area contributed by atoms with Crippen molar-refractivity contribution in [1.82, 2.24) is 5.32 Å². The molecule has 12 heavy (non-hydrogen) atoms. The second-order valence-corrected chi connectivity index (χ2v) is 4.24. The molecular formula is C11H29N. The van der Waals surface area contributed by atoms with Crippen molar-refractivity contribution in [3.63, 3.8) is 0 Å². The fraction of sp³-hybridized carbons (Fsp3) is 1.00. The molecule has 1 heteroatoms. The summed E-state index contributed by atoms with van der Waals surface area (Å²) in [7, 11) is 0. The van der Waals surface area contributed by atoms with Gasteiger partial charge in [-0.2, -0.15) is 0 Å². The zero-order valence-corrected chi connectivity index (χ0v) is 8.54. The molecule has 0 spiro atoms. The van der Waals surface area contributed by atoms with Crippen molar-refractivity contribution in [3.8, 4) is 0 Å². The molecule has 0 radical (unpaired) electrons. The van der Waals surface area contributed by atoms with E-state index >= 15 is 0 Å². The first-order valence-corrected chi connectivity index (χ1v) is 4.81. The average Bonchev–Trinajstić information content (AvgIpc) is 1.85. The monoisotopic (exact) mass is 175 g/mol. The molecule has 78 valence electrons. The van der Waals surface area contributed by atoms with Crippen LogP contribution in [-0.2, 0) is 0 Å². The second-order valence-electron chi connectivity index (χ2n) is 4.24. The van der Waals surface area contributed by atoms with Gasteiger partial charge in [-0.1, -0.05) is 33.6 Å². The fourth-order valence-electron chi connectivity index (χ4n) is 1.02. The Labute approximate surface area is 80.4 Å². The summed E-state index contributed by atoms with van der Waals surface area (Å²) >= 11 is 0. The van der Waals surface area contributed by atoms with Crippen LogP contribution in [0.1, 0.15) is 62.2 Å². The number of nitrogens with one attached hydrogen (secondary N) is 1. The summed E-state index contributed by atoms with van der Waals surface area (Å²) in [5.41, 5.74) is 0.298. The molecule has 0 bridgehead atoms. The highest BCUT2D eigenvalue weighted by molar-refractivity contribution is 4.69. The van der Waals surface area contributed by atoms with Crippen LogP contribution in [0, 0.1) is 0 Å². The van der Waals surface area contributed by atoms with E-state index in [1.54, 1.807) is 0 Å². The molecule has 0 saturated carbocycles. The van der Waals surface area contributed by atoms with Crippen LogP contribution in [0.15, 0.2) is 0 Å². The van der Waals surface area contributed by atoms with Crippen molar-refractivity contribution in [2.45, 2.75) is 66.3 Å². The van der Waals surface area contributed by atoms with Crippen LogP contribution in [0.5, 0.6) is 0 Å². The lowest BCUT2D eigenvalue weighted by molar-refractivity contribution is 0.416. The molecule has 1 N–H and O–H groups in total. The molecule has 0 aliphatic heterocycles. The molecule has 0 aliphatic rings. The summed E-state index contributed by atoms with van der Waals surface area (Å²) in [6.07, 6.45) is 5.41. The molecule has 0 aromatic carbocycles. The van der Waals surface area contributed by atoms with E-state index in [0.29, 0.717) is 5.54 Å². The van der Waals surface area contributed by atoms with Crippen LogP contribution in [0.2, 0.25) is 0 Å². The normalized spacial score (nSPS) is 11.0. The van der Waals surface area contributed by atoms with Gasteiger partial charge in [-0.3, -0.25) is 0 Å². The number of unbranched alkanes of at least 4 members (excludes halogenated alkanes) is 3. The molecule has 0 atom stereocenters. The van der Waals surface area contributed by atoms with E-state index in [2.05, 4.69) is 33.0 Å². The Balaban J connectivity index is -0.000000500. The van der Waals surface area contributed by atoms with Crippen LogP contribution in [0.3, 0.4) is 0 Å². The van der Waals surface area contributed by atoms with E-state index in [4.69, 9.17) is 0 Å². The van der Waals surface area contributed by atoms with Gasteiger partial charge in [-0.25, -0.2) is 0 Å². The third-order valence-corrected chi connectivity index (χ3v) is 1.69. The van der Waals surface area contributed by atoms with Crippen LogP contribution >= 0.6 is 0 Å². The van der Waals surface area contributed by atoms with Gasteiger partial charge in [0.25, 0.3) is 0 Å². The van der Waals surface area contributed by atoms with Crippen molar-refractivity contribution in [1.29, 1.82) is 0 Å². The molecule has 0 saturated heterocycles. The fourth-order valence-corrected chi connectivity index (χ4v) is 1.02. The Hall–Kier alpha value is -0.0400. The minimum absolute atomic E-state index is 0. The molecule has 0 aromatic rings. The largest absolute Gasteiger partial charge is 0.312 e. The molecule has 1 nitrogen and oxygen atoms in total. The van der Waals surface area contributed by atoms with Gasteiger partial charge in [0, 0.05) is 6.97 Å². The first-order chi connectivity index (χ1) is 5.06. The zero-order chi connectivity index (χ0) is 8.74. The molecule has 0 aromatic heterocycles. The molecule has 0 amide bonds. The summed E-state index contributed by atoms with van der Waals surface area (Å²) in [5, 5.41) is 3.48. The lowest BCUT2D eigenvalue weighted by atomic mass is 10.1. The van der Waals surface area contributed by atoms with Gasteiger partial charge in [0.1, 0.15) is 0 Å². The highest BCUT2D eigenvalue weighted by Gasteiger charge is 2.06. The molecule has 0 aliphatic carbocycles. The summed E-state index contributed by atoms with van der Waals surface area (Å²) < 4.78 is 0. The summed E-state index contributed by atoms with van der Waals surface area (Å²) in [6, 6.07) is 0. The Kier molecular flexibility index (Phi) is 9.17. The lowest BCUT2D eigenvalue weighted by Gasteiger charge is -2.20. The minimum Gasteiger partial charge on any atom is -0.312 e. The van der Waals surface area contributed by atoms with E-state index in [1.165, 1.54) is 32.2 Å². The van der Waals surface area contributed by atoms with Crippen molar-refractivity contribution in [2.75, 3.05) is 6.54 Å². The Morgan fingerprint density at radius 3 is 2.08 bits per heavy atom. The zero-order valence-electron chi connectivity index (χ0n) is 8.54. The molecular weight excluding hydrogens is 146 g/mol. The lowest BCUT2D eigenvalue weighted by Crippen LogP contribution is -2.36. The summed E-state index contributed by atoms with van der Waals surface area (Å²) in [5.74, 6) is 0. The van der Waals surface area contributed by atoms with Crippen molar-refractivity contribution < 1.29 is 1.43 Å². The van der Waals surface area contributed by atoms with Gasteiger partial charge in [0.15, 0.2) is 0 Å². The number of hydrogen-bond donors (Lipinski definition) is 1. The first-order valence-electron chi connectivity index (χ1n) is 4.81. The third-order valence-electron chi connectivity index (χ3n) is 1.69. The van der Waals surface area contributed by atoms with E-state index < -0.39 is 0 Å². The van der Waals surface area contributed by atoms with E-state index in [-0.39, 0.29) is 8.85 Å². The maximum Gasteiger partial charge on any atom is 0.00965 e. The number of rotatable bonds is 5. The molecule has 0 fully saturated rings. The van der Waals surface area contributed by atoms with Gasteiger partial charge in [-0.05, 0) is 33.7 Å². The van der Waals surface area contributed by atoms with Gasteiger partial charge in [0.2, 0.25) is 0 Å². The first kappa shape index (κ1) is 14.5. The SMILES string of the molecule is C.CCCCCCNC(C)(C)C.[HH]. The van der Waals surface area contributed by atoms with Crippen molar-refractivity contribution in [2.24, 2.45) is 0 Å². The summed E-state index contributed by atoms with van der Waals surface area (Å²) in [4.78, 5) is 0. The molecule has 0 rings (SSSR count). The van der Waals surface area contributed by atoms with Crippen molar-refractivity contribution >= 4 is 0 Å². The Bertz CT molecular complexity index is 86.6. The Morgan fingerprint density at radius 2 is 1.67 bits per heavy atom. The van der Waals surface area contributed by atoms with Gasteiger partial charge in [-0.15, -0.1) is 0 Å². The molecule has 0 unspecified atom stereocenters. The van der Waals surface area contributed by atoms with Crippen LogP contribution < -0.4 is 5.32 Å². The molecule has 0 heterocycles. The van der Waals surface area contributed by atoms with Crippen molar-refractivity contribution in [3.05, 3.63) is 0 Å². The predicted octanol–water partition coefficient (Wildman–Crippen LogP) is 3.84. The topological polar surface area (TPSA) is 12.0 Å². The highest BCUT2D eigenvalue weighted by atomic mass is 14.9. The third kappa shape index (κ3) is 12.6. The van der Waals surface area contributed by atoms with Crippen LogP contribution in [0.25, 0.3) is 0 Å². The Morgan fingerprint density at radius 1 is 1.08 bits per heavy atom.